The number of amides is 3. The van der Waals surface area contributed by atoms with Crippen LogP contribution >= 0.6 is 50.7 Å². The summed E-state index contributed by atoms with van der Waals surface area (Å²) in [6.45, 7) is -0.469. The zero-order chi connectivity index (χ0) is 24.7. The van der Waals surface area contributed by atoms with E-state index in [1.165, 1.54) is 0 Å². The summed E-state index contributed by atoms with van der Waals surface area (Å²) in [5.74, 6) is -3.46. The molecule has 3 aromatic carbocycles. The number of hydrogen-bond acceptors (Lipinski definition) is 3. The van der Waals surface area contributed by atoms with E-state index in [4.69, 9.17) is 34.8 Å². The molecule has 0 spiro atoms. The molecule has 1 fully saturated rings. The number of likely N-dealkylation sites (tertiary alicyclic amines) is 1. The zero-order valence-corrected chi connectivity index (χ0v) is 21.8. The highest BCUT2D eigenvalue weighted by Crippen LogP contribution is 2.69. The van der Waals surface area contributed by atoms with Gasteiger partial charge in [0.25, 0.3) is 0 Å². The van der Waals surface area contributed by atoms with Gasteiger partial charge in [0.15, 0.2) is 0 Å². The highest BCUT2D eigenvalue weighted by atomic mass is 79.9. The fourth-order valence-electron chi connectivity index (χ4n) is 5.80. The van der Waals surface area contributed by atoms with Gasteiger partial charge in [-0.1, -0.05) is 76.1 Å². The Morgan fingerprint density at radius 3 is 1.74 bits per heavy atom. The van der Waals surface area contributed by atoms with E-state index in [2.05, 4.69) is 21.2 Å². The Morgan fingerprint density at radius 2 is 1.31 bits per heavy atom. The normalized spacial score (nSPS) is 27.9. The summed E-state index contributed by atoms with van der Waals surface area (Å²) in [5, 5.41) is 3.00. The Balaban J connectivity index is 1.41. The minimum absolute atomic E-state index is 0.323. The number of rotatable bonds is 3. The van der Waals surface area contributed by atoms with Crippen molar-refractivity contribution < 1.29 is 14.4 Å². The van der Waals surface area contributed by atoms with E-state index < -0.39 is 45.9 Å². The summed E-state index contributed by atoms with van der Waals surface area (Å²) < 4.78 is 0.754. The van der Waals surface area contributed by atoms with Crippen LogP contribution in [0.4, 0.5) is 5.69 Å². The first-order chi connectivity index (χ1) is 16.7. The number of carbonyl (C=O) groups is 3. The SMILES string of the molecule is O=C(CN1C(=O)[C@@H]2[C@H](C1=O)C1(Cl)c3ccccc3C2(Cl)c2ccccc21)Nc1ccc(Br)cc1Cl. The average molecular weight is 591 g/mol. The van der Waals surface area contributed by atoms with Crippen molar-refractivity contribution in [1.82, 2.24) is 4.90 Å². The van der Waals surface area contributed by atoms with E-state index in [0.29, 0.717) is 33.0 Å². The van der Waals surface area contributed by atoms with Gasteiger partial charge in [0.05, 0.1) is 22.5 Å². The number of benzene rings is 3. The van der Waals surface area contributed by atoms with E-state index in [0.717, 1.165) is 9.37 Å². The lowest BCUT2D eigenvalue weighted by Crippen LogP contribution is -2.57. The molecule has 5 nitrogen and oxygen atoms in total. The molecular weight excluding hydrogens is 575 g/mol. The molecule has 0 radical (unpaired) electrons. The molecule has 2 bridgehead atoms. The first-order valence-electron chi connectivity index (χ1n) is 10.9. The fourth-order valence-corrected chi connectivity index (χ4v) is 7.62. The molecule has 3 amide bonds. The standard InChI is InChI=1S/C26H16BrCl3N2O3/c27-13-9-10-19(18(28)11-13)31-20(33)12-32-23(34)21-22(24(32)35)26(30)15-6-2-1-5-14(15)25(21,29)16-7-3-4-8-17(16)26/h1-11,21-22H,12H2,(H,31,33)/t21-,22+,25?,26?. The van der Waals surface area contributed by atoms with Gasteiger partial charge in [0, 0.05) is 4.47 Å². The van der Waals surface area contributed by atoms with Gasteiger partial charge in [-0.3, -0.25) is 19.3 Å². The van der Waals surface area contributed by atoms with Crippen molar-refractivity contribution in [2.75, 3.05) is 11.9 Å². The molecule has 3 aliphatic carbocycles. The molecule has 176 valence electrons. The second kappa shape index (κ2) is 7.81. The van der Waals surface area contributed by atoms with Crippen LogP contribution < -0.4 is 5.32 Å². The van der Waals surface area contributed by atoms with Crippen molar-refractivity contribution in [3.8, 4) is 0 Å². The Kier molecular flexibility index (Phi) is 5.14. The maximum atomic E-state index is 13.8. The van der Waals surface area contributed by atoms with Crippen molar-refractivity contribution in [3.05, 3.63) is 98.5 Å². The van der Waals surface area contributed by atoms with Gasteiger partial charge < -0.3 is 5.32 Å². The number of imide groups is 1. The maximum absolute atomic E-state index is 13.8. The first-order valence-corrected chi connectivity index (χ1v) is 12.8. The smallest absolute Gasteiger partial charge is 0.244 e. The molecule has 0 saturated carbocycles. The predicted molar refractivity (Wildman–Crippen MR) is 138 cm³/mol. The third-order valence-corrected chi connectivity index (χ3v) is 9.27. The van der Waals surface area contributed by atoms with Crippen LogP contribution in [0.1, 0.15) is 22.3 Å². The van der Waals surface area contributed by atoms with Gasteiger partial charge in [-0.25, -0.2) is 0 Å². The molecule has 1 N–H and O–H groups in total. The van der Waals surface area contributed by atoms with E-state index in [1.54, 1.807) is 18.2 Å². The van der Waals surface area contributed by atoms with E-state index in [-0.39, 0.29) is 0 Å². The van der Waals surface area contributed by atoms with Gasteiger partial charge in [-0.2, -0.15) is 0 Å². The van der Waals surface area contributed by atoms with Crippen LogP contribution in [0.25, 0.3) is 0 Å². The summed E-state index contributed by atoms with van der Waals surface area (Å²) >= 11 is 24.3. The Hall–Kier alpha value is -2.38. The van der Waals surface area contributed by atoms with Gasteiger partial charge in [0.1, 0.15) is 16.3 Å². The van der Waals surface area contributed by atoms with Crippen molar-refractivity contribution >= 4 is 74.1 Å². The lowest BCUT2D eigenvalue weighted by atomic mass is 9.54. The molecule has 2 atom stereocenters. The monoisotopic (exact) mass is 588 g/mol. The second-order valence-corrected chi connectivity index (χ2v) is 11.4. The van der Waals surface area contributed by atoms with Crippen LogP contribution in [0.2, 0.25) is 5.02 Å². The third-order valence-electron chi connectivity index (χ3n) is 7.18. The average Bonchev–Trinajstić information content (AvgIpc) is 3.10. The lowest BCUT2D eigenvalue weighted by Gasteiger charge is -2.54. The summed E-state index contributed by atoms with van der Waals surface area (Å²) in [7, 11) is 0. The number of nitrogens with one attached hydrogen (secondary N) is 1. The quantitative estimate of drug-likeness (QED) is 0.318. The number of hydrogen-bond donors (Lipinski definition) is 1. The second-order valence-electron chi connectivity index (χ2n) is 8.91. The zero-order valence-electron chi connectivity index (χ0n) is 17.9. The number of halogens is 4. The fraction of sp³-hybridized carbons (Fsp3) is 0.192. The van der Waals surface area contributed by atoms with Gasteiger partial charge >= 0.3 is 0 Å². The highest BCUT2D eigenvalue weighted by Gasteiger charge is 2.73. The minimum atomic E-state index is -1.28. The molecule has 1 aliphatic heterocycles. The van der Waals surface area contributed by atoms with Crippen molar-refractivity contribution in [1.29, 1.82) is 0 Å². The Bertz CT molecular complexity index is 1340. The topological polar surface area (TPSA) is 66.5 Å². The Morgan fingerprint density at radius 1 is 0.857 bits per heavy atom. The third kappa shape index (κ3) is 2.97. The number of anilines is 1. The molecule has 7 rings (SSSR count). The maximum Gasteiger partial charge on any atom is 0.244 e. The number of nitrogens with zero attached hydrogens (tertiary/aromatic N) is 1. The molecular formula is C26H16BrCl3N2O3. The molecule has 35 heavy (non-hydrogen) atoms. The van der Waals surface area contributed by atoms with E-state index in [1.807, 2.05) is 48.5 Å². The van der Waals surface area contributed by atoms with Crippen molar-refractivity contribution in [2.45, 2.75) is 9.75 Å². The van der Waals surface area contributed by atoms with Crippen LogP contribution in [0.3, 0.4) is 0 Å². The van der Waals surface area contributed by atoms with Crippen molar-refractivity contribution in [3.63, 3.8) is 0 Å². The molecule has 1 saturated heterocycles. The largest absolute Gasteiger partial charge is 0.323 e. The molecule has 1 heterocycles. The molecule has 0 unspecified atom stereocenters. The van der Waals surface area contributed by atoms with Crippen LogP contribution in [0, 0.1) is 11.8 Å². The van der Waals surface area contributed by atoms with Crippen LogP contribution in [-0.4, -0.2) is 29.2 Å². The van der Waals surface area contributed by atoms with Gasteiger partial charge in [-0.15, -0.1) is 23.2 Å². The predicted octanol–water partition coefficient (Wildman–Crippen LogP) is 5.63. The van der Waals surface area contributed by atoms with Crippen LogP contribution in [-0.2, 0) is 24.1 Å². The minimum Gasteiger partial charge on any atom is -0.323 e. The van der Waals surface area contributed by atoms with Gasteiger partial charge in [-0.05, 0) is 40.5 Å². The summed E-state index contributed by atoms with van der Waals surface area (Å²) in [4.78, 5) is 38.8. The molecule has 3 aromatic rings. The summed E-state index contributed by atoms with van der Waals surface area (Å²) in [6.07, 6.45) is 0. The molecule has 0 aromatic heterocycles. The lowest BCUT2D eigenvalue weighted by molar-refractivity contribution is -0.142. The van der Waals surface area contributed by atoms with Crippen LogP contribution in [0.15, 0.2) is 71.2 Å². The van der Waals surface area contributed by atoms with E-state index >= 15 is 0 Å². The number of alkyl halides is 2. The summed E-state index contributed by atoms with van der Waals surface area (Å²) in [6, 6.07) is 19.8. The van der Waals surface area contributed by atoms with Crippen molar-refractivity contribution in [2.24, 2.45) is 11.8 Å². The number of carbonyl (C=O) groups excluding carboxylic acids is 3. The molecule has 9 heteroatoms. The first kappa shape index (κ1) is 23.0. The summed E-state index contributed by atoms with van der Waals surface area (Å²) in [5.41, 5.74) is 3.23. The Labute approximate surface area is 224 Å². The van der Waals surface area contributed by atoms with Crippen LogP contribution in [0.5, 0.6) is 0 Å². The highest BCUT2D eigenvalue weighted by molar-refractivity contribution is 9.10. The van der Waals surface area contributed by atoms with E-state index in [9.17, 15) is 14.4 Å². The molecule has 4 aliphatic rings. The van der Waals surface area contributed by atoms with Gasteiger partial charge in [0.2, 0.25) is 17.7 Å².